The zero-order chi connectivity index (χ0) is 13.0. The van der Waals surface area contributed by atoms with Gasteiger partial charge in [-0.15, -0.1) is 0 Å². The van der Waals surface area contributed by atoms with Crippen molar-refractivity contribution in [1.29, 1.82) is 5.26 Å². The minimum absolute atomic E-state index is 0.476. The molecule has 0 amide bonds. The summed E-state index contributed by atoms with van der Waals surface area (Å²) < 4.78 is 0. The lowest BCUT2D eigenvalue weighted by atomic mass is 9.99. The van der Waals surface area contributed by atoms with E-state index in [9.17, 15) is 0 Å². The van der Waals surface area contributed by atoms with Crippen LogP contribution in [0.3, 0.4) is 0 Å². The maximum absolute atomic E-state index is 9.08. The van der Waals surface area contributed by atoms with E-state index in [1.54, 1.807) is 0 Å². The summed E-state index contributed by atoms with van der Waals surface area (Å²) in [7, 11) is 0. The van der Waals surface area contributed by atoms with Gasteiger partial charge in [0, 0.05) is 5.92 Å². The second kappa shape index (κ2) is 5.68. The fourth-order valence-electron chi connectivity index (χ4n) is 2.32. The highest BCUT2D eigenvalue weighted by Crippen LogP contribution is 2.26. The first-order chi connectivity index (χ1) is 8.80. The number of para-hydroxylation sites is 1. The van der Waals surface area contributed by atoms with Gasteiger partial charge in [-0.3, -0.25) is 0 Å². The van der Waals surface area contributed by atoms with E-state index in [0.717, 1.165) is 29.7 Å². The third-order valence-corrected chi connectivity index (χ3v) is 3.44. The van der Waals surface area contributed by atoms with Crippen LogP contribution in [-0.2, 0) is 0 Å². The van der Waals surface area contributed by atoms with Crippen molar-refractivity contribution in [2.24, 2.45) is 0 Å². The van der Waals surface area contributed by atoms with Crippen molar-refractivity contribution in [3.63, 3.8) is 0 Å². The molecule has 0 aliphatic carbocycles. The van der Waals surface area contributed by atoms with Crippen molar-refractivity contribution >= 4 is 11.0 Å². The molecule has 0 spiro atoms. The quantitative estimate of drug-likeness (QED) is 0.856. The summed E-state index contributed by atoms with van der Waals surface area (Å²) in [6.07, 6.45) is 4.68. The zero-order valence-corrected chi connectivity index (χ0v) is 11.0. The minimum atomic E-state index is 0.476. The van der Waals surface area contributed by atoms with E-state index in [0.29, 0.717) is 11.5 Å². The smallest absolute Gasteiger partial charge is 0.110 e. The van der Waals surface area contributed by atoms with Crippen molar-refractivity contribution in [3.05, 3.63) is 29.6 Å². The summed E-state index contributed by atoms with van der Waals surface area (Å²) >= 11 is 0. The number of aromatic amines is 1. The topological polar surface area (TPSA) is 52.5 Å². The number of nitrogens with one attached hydrogen (secondary N) is 1. The van der Waals surface area contributed by atoms with Gasteiger partial charge in [0.05, 0.1) is 11.1 Å². The molecule has 0 aliphatic heterocycles. The van der Waals surface area contributed by atoms with Crippen molar-refractivity contribution in [3.8, 4) is 6.07 Å². The third-order valence-electron chi connectivity index (χ3n) is 3.44. The van der Waals surface area contributed by atoms with Gasteiger partial charge >= 0.3 is 0 Å². The molecule has 2 rings (SSSR count). The molecule has 0 fully saturated rings. The number of hydrogen-bond donors (Lipinski definition) is 1. The Bertz CT molecular complexity index is 563. The van der Waals surface area contributed by atoms with Crippen LogP contribution >= 0.6 is 0 Å². The number of benzene rings is 1. The molecule has 0 saturated heterocycles. The Hall–Kier alpha value is -1.82. The first kappa shape index (κ1) is 12.6. The molecule has 18 heavy (non-hydrogen) atoms. The van der Waals surface area contributed by atoms with E-state index in [-0.39, 0.29) is 0 Å². The summed E-state index contributed by atoms with van der Waals surface area (Å²) in [6, 6.07) is 7.90. The van der Waals surface area contributed by atoms with Crippen molar-refractivity contribution in [2.45, 2.75) is 45.4 Å². The van der Waals surface area contributed by atoms with E-state index >= 15 is 0 Å². The Morgan fingerprint density at radius 1 is 1.39 bits per heavy atom. The molecule has 3 nitrogen and oxygen atoms in total. The Balaban J connectivity index is 2.37. The maximum Gasteiger partial charge on any atom is 0.110 e. The summed E-state index contributed by atoms with van der Waals surface area (Å²) in [5.41, 5.74) is 2.43. The first-order valence-corrected chi connectivity index (χ1v) is 6.68. The lowest BCUT2D eigenvalue weighted by molar-refractivity contribution is 0.549. The van der Waals surface area contributed by atoms with Crippen LogP contribution in [0.5, 0.6) is 0 Å². The normalized spacial score (nSPS) is 12.5. The molecule has 1 aromatic heterocycles. The summed E-state index contributed by atoms with van der Waals surface area (Å²) in [5.74, 6) is 1.51. The molecule has 0 aliphatic rings. The van der Waals surface area contributed by atoms with Gasteiger partial charge in [0.15, 0.2) is 0 Å². The molecule has 2 aromatic rings. The van der Waals surface area contributed by atoms with Gasteiger partial charge in [-0.1, -0.05) is 32.8 Å². The number of hydrogen-bond acceptors (Lipinski definition) is 2. The number of nitriles is 1. The van der Waals surface area contributed by atoms with E-state index in [1.807, 2.05) is 18.2 Å². The maximum atomic E-state index is 9.08. The molecule has 0 radical (unpaired) electrons. The van der Waals surface area contributed by atoms with E-state index < -0.39 is 0 Å². The van der Waals surface area contributed by atoms with Crippen molar-refractivity contribution in [1.82, 2.24) is 9.97 Å². The molecule has 94 valence electrons. The average molecular weight is 241 g/mol. The number of H-pyrrole nitrogens is 1. The predicted octanol–water partition coefficient (Wildman–Crippen LogP) is 4.12. The largest absolute Gasteiger partial charge is 0.342 e. The van der Waals surface area contributed by atoms with Gasteiger partial charge in [0.2, 0.25) is 0 Å². The van der Waals surface area contributed by atoms with Gasteiger partial charge in [0.25, 0.3) is 0 Å². The number of rotatable bonds is 5. The molecular formula is C15H19N3. The van der Waals surface area contributed by atoms with Gasteiger partial charge in [-0.2, -0.15) is 5.26 Å². The van der Waals surface area contributed by atoms with Gasteiger partial charge in [-0.25, -0.2) is 4.98 Å². The second-order valence-electron chi connectivity index (χ2n) is 4.68. The molecule has 1 heterocycles. The third kappa shape index (κ3) is 2.38. The first-order valence-electron chi connectivity index (χ1n) is 6.68. The standard InChI is InChI=1S/C15H19N3/c1-3-5-7-11(4-2)15-17-13-9-6-8-12(10-16)14(13)18-15/h6,8-9,11H,3-5,7H2,1-2H3,(H,17,18). The van der Waals surface area contributed by atoms with Gasteiger partial charge in [0.1, 0.15) is 17.4 Å². The summed E-state index contributed by atoms with van der Waals surface area (Å²) in [4.78, 5) is 8.00. The fourth-order valence-corrected chi connectivity index (χ4v) is 2.32. The molecule has 0 bridgehead atoms. The Morgan fingerprint density at radius 3 is 2.89 bits per heavy atom. The van der Waals surface area contributed by atoms with E-state index in [4.69, 9.17) is 5.26 Å². The van der Waals surface area contributed by atoms with Crippen LogP contribution in [0.25, 0.3) is 11.0 Å². The molecule has 1 aromatic carbocycles. The fraction of sp³-hybridized carbons (Fsp3) is 0.467. The van der Waals surface area contributed by atoms with Gasteiger partial charge in [-0.05, 0) is 25.0 Å². The molecule has 0 saturated carbocycles. The van der Waals surface area contributed by atoms with Crippen LogP contribution in [0.1, 0.15) is 56.8 Å². The predicted molar refractivity (Wildman–Crippen MR) is 73.4 cm³/mol. The lowest BCUT2D eigenvalue weighted by Crippen LogP contribution is -1.99. The Labute approximate surface area is 108 Å². The van der Waals surface area contributed by atoms with Crippen molar-refractivity contribution < 1.29 is 0 Å². The molecule has 1 atom stereocenters. The number of fused-ring (bicyclic) bond motifs is 1. The van der Waals surface area contributed by atoms with Crippen LogP contribution in [0.15, 0.2) is 18.2 Å². The second-order valence-corrected chi connectivity index (χ2v) is 4.68. The number of nitrogens with zero attached hydrogens (tertiary/aromatic N) is 2. The lowest BCUT2D eigenvalue weighted by Gasteiger charge is -2.10. The van der Waals surface area contributed by atoms with Crippen molar-refractivity contribution in [2.75, 3.05) is 0 Å². The highest BCUT2D eigenvalue weighted by molar-refractivity contribution is 5.81. The molecule has 1 unspecified atom stereocenters. The highest BCUT2D eigenvalue weighted by Gasteiger charge is 2.14. The number of aromatic nitrogens is 2. The minimum Gasteiger partial charge on any atom is -0.342 e. The molecule has 3 heteroatoms. The van der Waals surface area contributed by atoms with Gasteiger partial charge < -0.3 is 4.98 Å². The SMILES string of the molecule is CCCCC(CC)c1nc2c(C#N)cccc2[nH]1. The number of unbranched alkanes of at least 4 members (excludes halogenated alkanes) is 1. The van der Waals surface area contributed by atoms with Crippen LogP contribution < -0.4 is 0 Å². The molecule has 1 N–H and O–H groups in total. The van der Waals surface area contributed by atoms with E-state index in [1.165, 1.54) is 12.8 Å². The number of imidazole rings is 1. The van der Waals surface area contributed by atoms with Crippen LogP contribution in [0.2, 0.25) is 0 Å². The van der Waals surface area contributed by atoms with Crippen LogP contribution in [0.4, 0.5) is 0 Å². The monoisotopic (exact) mass is 241 g/mol. The summed E-state index contributed by atoms with van der Waals surface area (Å²) in [5, 5.41) is 9.08. The zero-order valence-electron chi connectivity index (χ0n) is 11.0. The van der Waals surface area contributed by atoms with Crippen LogP contribution in [-0.4, -0.2) is 9.97 Å². The Morgan fingerprint density at radius 2 is 2.22 bits per heavy atom. The summed E-state index contributed by atoms with van der Waals surface area (Å²) in [6.45, 7) is 4.40. The van der Waals surface area contributed by atoms with Crippen LogP contribution in [0, 0.1) is 11.3 Å². The average Bonchev–Trinajstić information content (AvgIpc) is 2.83. The molecular weight excluding hydrogens is 222 g/mol. The Kier molecular flexibility index (Phi) is 3.99. The van der Waals surface area contributed by atoms with E-state index in [2.05, 4.69) is 29.9 Å². The highest BCUT2D eigenvalue weighted by atomic mass is 14.9.